The molecule has 0 saturated heterocycles. The number of rotatable bonds is 10. The van der Waals surface area contributed by atoms with Crippen LogP contribution in [0.5, 0.6) is 5.75 Å². The van der Waals surface area contributed by atoms with Gasteiger partial charge >= 0.3 is 0 Å². The van der Waals surface area contributed by atoms with Gasteiger partial charge in [-0.15, -0.1) is 0 Å². The molecule has 2 N–H and O–H groups in total. The summed E-state index contributed by atoms with van der Waals surface area (Å²) in [6, 6.07) is 15.5. The fourth-order valence-electron chi connectivity index (χ4n) is 2.78. The van der Waals surface area contributed by atoms with Crippen molar-refractivity contribution < 1.29 is 14.3 Å². The molecule has 0 unspecified atom stereocenters. The summed E-state index contributed by atoms with van der Waals surface area (Å²) in [6.07, 6.45) is 0. The number of hydrogen-bond acceptors (Lipinski definition) is 4. The van der Waals surface area contributed by atoms with Gasteiger partial charge in [-0.25, -0.2) is 0 Å². The molecule has 29 heavy (non-hydrogen) atoms. The van der Waals surface area contributed by atoms with Gasteiger partial charge in [-0.1, -0.05) is 36.4 Å². The summed E-state index contributed by atoms with van der Waals surface area (Å²) < 4.78 is 5.47. The van der Waals surface area contributed by atoms with Crippen molar-refractivity contribution in [3.8, 4) is 5.75 Å². The van der Waals surface area contributed by atoms with Crippen LogP contribution < -0.4 is 15.4 Å². The van der Waals surface area contributed by atoms with E-state index in [-0.39, 0.29) is 18.4 Å². The summed E-state index contributed by atoms with van der Waals surface area (Å²) in [7, 11) is 2.08. The Hall–Kier alpha value is -2.86. The van der Waals surface area contributed by atoms with E-state index in [2.05, 4.69) is 42.5 Å². The second-order valence-electron chi connectivity index (χ2n) is 7.17. The monoisotopic (exact) mass is 397 g/mol. The lowest BCUT2D eigenvalue weighted by molar-refractivity contribution is -0.120. The molecular weight excluding hydrogens is 366 g/mol. The summed E-state index contributed by atoms with van der Waals surface area (Å²) in [4.78, 5) is 26.9. The van der Waals surface area contributed by atoms with Crippen molar-refractivity contribution in [1.82, 2.24) is 15.5 Å². The normalized spacial score (nSPS) is 10.8. The molecule has 0 spiro atoms. The number of carbonyl (C=O) groups excluding carboxylic acids is 2. The third-order valence-electron chi connectivity index (χ3n) is 4.74. The molecule has 156 valence electrons. The highest BCUT2D eigenvalue weighted by molar-refractivity contribution is 5.98. The van der Waals surface area contributed by atoms with Gasteiger partial charge in [-0.3, -0.25) is 14.5 Å². The lowest BCUT2D eigenvalue weighted by Gasteiger charge is -2.22. The molecule has 6 nitrogen and oxygen atoms in total. The van der Waals surface area contributed by atoms with Gasteiger partial charge in [0.05, 0.1) is 18.7 Å². The molecule has 2 amide bonds. The van der Waals surface area contributed by atoms with Crippen molar-refractivity contribution >= 4 is 11.8 Å². The number of carbonyl (C=O) groups is 2. The highest BCUT2D eigenvalue weighted by atomic mass is 16.5. The maximum absolute atomic E-state index is 12.4. The third-order valence-corrected chi connectivity index (χ3v) is 4.74. The molecule has 0 saturated carbocycles. The number of nitrogens with zero attached hydrogens (tertiary/aromatic N) is 1. The minimum atomic E-state index is -0.330. The molecule has 2 rings (SSSR count). The predicted molar refractivity (Wildman–Crippen MR) is 115 cm³/mol. The Bertz CT molecular complexity index is 821. The second-order valence-corrected chi connectivity index (χ2v) is 7.17. The zero-order chi connectivity index (χ0) is 21.2. The van der Waals surface area contributed by atoms with E-state index in [0.29, 0.717) is 30.5 Å². The molecule has 0 aliphatic rings. The minimum Gasteiger partial charge on any atom is -0.493 e. The van der Waals surface area contributed by atoms with Crippen molar-refractivity contribution in [1.29, 1.82) is 0 Å². The lowest BCUT2D eigenvalue weighted by atomic mass is 10.1. The van der Waals surface area contributed by atoms with E-state index < -0.39 is 0 Å². The Morgan fingerprint density at radius 3 is 2.34 bits per heavy atom. The van der Waals surface area contributed by atoms with Crippen molar-refractivity contribution in [2.24, 2.45) is 0 Å². The molecular formula is C23H31N3O3. The molecule has 2 aromatic rings. The Morgan fingerprint density at radius 2 is 1.66 bits per heavy atom. The van der Waals surface area contributed by atoms with Crippen LogP contribution in [0.3, 0.4) is 0 Å². The molecule has 2 aromatic carbocycles. The second kappa shape index (κ2) is 11.2. The van der Waals surface area contributed by atoms with Gasteiger partial charge < -0.3 is 15.4 Å². The van der Waals surface area contributed by atoms with E-state index in [9.17, 15) is 9.59 Å². The topological polar surface area (TPSA) is 70.7 Å². The van der Waals surface area contributed by atoms with Gasteiger partial charge in [0.25, 0.3) is 5.91 Å². The minimum absolute atomic E-state index is 0.0899. The van der Waals surface area contributed by atoms with Crippen LogP contribution in [0.1, 0.15) is 42.3 Å². The van der Waals surface area contributed by atoms with Crippen molar-refractivity contribution in [2.45, 2.75) is 39.9 Å². The first-order chi connectivity index (χ1) is 13.9. The summed E-state index contributed by atoms with van der Waals surface area (Å²) in [6.45, 7) is 7.77. The number of para-hydroxylation sites is 1. The average Bonchev–Trinajstić information content (AvgIpc) is 2.72. The average molecular weight is 398 g/mol. The maximum atomic E-state index is 12.4. The molecule has 0 fully saturated rings. The molecule has 0 aliphatic heterocycles. The van der Waals surface area contributed by atoms with Gasteiger partial charge in [-0.05, 0) is 51.1 Å². The summed E-state index contributed by atoms with van der Waals surface area (Å²) in [5, 5.41) is 5.54. The number of ether oxygens (including phenoxy) is 1. The summed E-state index contributed by atoms with van der Waals surface area (Å²) in [5.74, 6) is -0.0569. The maximum Gasteiger partial charge on any atom is 0.255 e. The SMILES string of the molecule is CCOc1ccccc1C(=O)NCC(=O)NCc1ccccc1CN(C)C(C)C. The first-order valence-corrected chi connectivity index (χ1v) is 9.96. The van der Waals surface area contributed by atoms with Crippen LogP contribution in [0, 0.1) is 0 Å². The van der Waals surface area contributed by atoms with E-state index in [4.69, 9.17) is 4.74 Å². The number of nitrogens with one attached hydrogen (secondary N) is 2. The van der Waals surface area contributed by atoms with Crippen molar-refractivity contribution in [3.05, 3.63) is 65.2 Å². The van der Waals surface area contributed by atoms with E-state index in [1.165, 1.54) is 5.56 Å². The van der Waals surface area contributed by atoms with Crippen LogP contribution in [-0.4, -0.2) is 43.0 Å². The smallest absolute Gasteiger partial charge is 0.255 e. The van der Waals surface area contributed by atoms with Crippen LogP contribution in [0.4, 0.5) is 0 Å². The van der Waals surface area contributed by atoms with Gasteiger partial charge in [-0.2, -0.15) is 0 Å². The van der Waals surface area contributed by atoms with Crippen molar-refractivity contribution in [2.75, 3.05) is 20.2 Å². The first-order valence-electron chi connectivity index (χ1n) is 9.96. The molecule has 0 aromatic heterocycles. The number of hydrogen-bond donors (Lipinski definition) is 2. The Balaban J connectivity index is 1.89. The van der Waals surface area contributed by atoms with Gasteiger partial charge in [0, 0.05) is 19.1 Å². The van der Waals surface area contributed by atoms with Crippen LogP contribution in [0.2, 0.25) is 0 Å². The summed E-state index contributed by atoms with van der Waals surface area (Å²) in [5.41, 5.74) is 2.67. The molecule has 0 bridgehead atoms. The lowest BCUT2D eigenvalue weighted by Crippen LogP contribution is -2.37. The molecule has 0 atom stereocenters. The van der Waals surface area contributed by atoms with Crippen LogP contribution in [0.15, 0.2) is 48.5 Å². The van der Waals surface area contributed by atoms with Crippen LogP contribution >= 0.6 is 0 Å². The van der Waals surface area contributed by atoms with Gasteiger partial charge in [0.2, 0.25) is 5.91 Å². The number of benzene rings is 2. The fraction of sp³-hybridized carbons (Fsp3) is 0.391. The molecule has 0 aliphatic carbocycles. The van der Waals surface area contributed by atoms with E-state index in [1.807, 2.05) is 31.2 Å². The Morgan fingerprint density at radius 1 is 1.00 bits per heavy atom. The van der Waals surface area contributed by atoms with E-state index in [1.54, 1.807) is 18.2 Å². The van der Waals surface area contributed by atoms with Gasteiger partial charge in [0.1, 0.15) is 5.75 Å². The van der Waals surface area contributed by atoms with Crippen LogP contribution in [-0.2, 0) is 17.9 Å². The standard InChI is InChI=1S/C23H31N3O3/c1-5-29-21-13-9-8-12-20(21)23(28)25-15-22(27)24-14-18-10-6-7-11-19(18)16-26(4)17(2)3/h6-13,17H,5,14-16H2,1-4H3,(H,24,27)(H,25,28). The van der Waals surface area contributed by atoms with Crippen molar-refractivity contribution in [3.63, 3.8) is 0 Å². The predicted octanol–water partition coefficient (Wildman–Crippen LogP) is 2.97. The highest BCUT2D eigenvalue weighted by Gasteiger charge is 2.13. The molecule has 0 radical (unpaired) electrons. The zero-order valence-electron chi connectivity index (χ0n) is 17.7. The molecule has 0 heterocycles. The van der Waals surface area contributed by atoms with E-state index in [0.717, 1.165) is 12.1 Å². The largest absolute Gasteiger partial charge is 0.493 e. The van der Waals surface area contributed by atoms with Crippen LogP contribution in [0.25, 0.3) is 0 Å². The Labute approximate surface area is 173 Å². The fourth-order valence-corrected chi connectivity index (χ4v) is 2.78. The highest BCUT2D eigenvalue weighted by Crippen LogP contribution is 2.17. The van der Waals surface area contributed by atoms with E-state index >= 15 is 0 Å². The zero-order valence-corrected chi connectivity index (χ0v) is 17.7. The third kappa shape index (κ3) is 6.91. The molecule has 6 heteroatoms. The first kappa shape index (κ1) is 22.4. The van der Waals surface area contributed by atoms with Gasteiger partial charge in [0.15, 0.2) is 0 Å². The summed E-state index contributed by atoms with van der Waals surface area (Å²) >= 11 is 0. The quantitative estimate of drug-likeness (QED) is 0.647. The number of amides is 2. The Kier molecular flexibility index (Phi) is 8.68.